The number of para-hydroxylation sites is 1. The van der Waals surface area contributed by atoms with Gasteiger partial charge in [0.1, 0.15) is 5.69 Å². The molecule has 0 bridgehead atoms. The zero-order valence-electron chi connectivity index (χ0n) is 11.4. The fraction of sp³-hybridized carbons (Fsp3) is 0.333. The quantitative estimate of drug-likeness (QED) is 0.273. The van der Waals surface area contributed by atoms with E-state index in [0.29, 0.717) is 13.2 Å². The van der Waals surface area contributed by atoms with E-state index in [1.807, 2.05) is 0 Å². The van der Waals surface area contributed by atoms with E-state index < -0.39 is 16.7 Å². The maximum absolute atomic E-state index is 11.9. The molecule has 0 aliphatic rings. The molecular formula is C12H16N4O5. The second kappa shape index (κ2) is 7.80. The van der Waals surface area contributed by atoms with Crippen LogP contribution in [0.25, 0.3) is 0 Å². The van der Waals surface area contributed by atoms with Gasteiger partial charge in [0, 0.05) is 19.7 Å². The average Bonchev–Trinajstić information content (AvgIpc) is 2.45. The lowest BCUT2D eigenvalue weighted by atomic mass is 10.1. The van der Waals surface area contributed by atoms with Gasteiger partial charge in [-0.2, -0.15) is 0 Å². The summed E-state index contributed by atoms with van der Waals surface area (Å²) in [4.78, 5) is 33.3. The van der Waals surface area contributed by atoms with E-state index in [4.69, 9.17) is 10.5 Å². The molecule has 4 N–H and O–H groups in total. The Morgan fingerprint density at radius 3 is 2.71 bits per heavy atom. The number of nitrogens with zero attached hydrogens (tertiary/aromatic N) is 1. The second-order valence-electron chi connectivity index (χ2n) is 4.02. The van der Waals surface area contributed by atoms with Gasteiger partial charge in [0.05, 0.1) is 23.6 Å². The number of hydrogen-bond acceptors (Lipinski definition) is 6. The van der Waals surface area contributed by atoms with Crippen molar-refractivity contribution in [3.8, 4) is 0 Å². The summed E-state index contributed by atoms with van der Waals surface area (Å²) in [7, 11) is 1.50. The summed E-state index contributed by atoms with van der Waals surface area (Å²) < 4.78 is 4.76. The van der Waals surface area contributed by atoms with Crippen molar-refractivity contribution in [2.75, 3.05) is 32.5 Å². The lowest BCUT2D eigenvalue weighted by Crippen LogP contribution is -2.38. The van der Waals surface area contributed by atoms with Crippen molar-refractivity contribution in [3.05, 3.63) is 33.9 Å². The van der Waals surface area contributed by atoms with E-state index in [9.17, 15) is 19.7 Å². The molecule has 0 heterocycles. The van der Waals surface area contributed by atoms with E-state index in [-0.39, 0.29) is 23.5 Å². The molecule has 0 saturated heterocycles. The minimum Gasteiger partial charge on any atom is -0.393 e. The first kappa shape index (κ1) is 16.4. The van der Waals surface area contributed by atoms with Gasteiger partial charge in [-0.25, -0.2) is 0 Å². The van der Waals surface area contributed by atoms with Crippen LogP contribution < -0.4 is 16.4 Å². The SMILES string of the molecule is COCCNC(=O)CNC(=O)c1cccc([N+](=O)[O-])c1N. The molecule has 0 saturated carbocycles. The third-order valence-corrected chi connectivity index (χ3v) is 2.56. The van der Waals surface area contributed by atoms with E-state index in [2.05, 4.69) is 10.6 Å². The Morgan fingerprint density at radius 2 is 2.10 bits per heavy atom. The van der Waals surface area contributed by atoms with Crippen LogP contribution in [0.2, 0.25) is 0 Å². The van der Waals surface area contributed by atoms with Crippen LogP contribution in [0.1, 0.15) is 10.4 Å². The van der Waals surface area contributed by atoms with Crippen molar-refractivity contribution in [2.24, 2.45) is 0 Å². The Balaban J connectivity index is 2.62. The van der Waals surface area contributed by atoms with Crippen LogP contribution >= 0.6 is 0 Å². The number of ether oxygens (including phenoxy) is 1. The summed E-state index contributed by atoms with van der Waals surface area (Å²) in [6.07, 6.45) is 0. The first-order valence-corrected chi connectivity index (χ1v) is 6.04. The van der Waals surface area contributed by atoms with Gasteiger partial charge < -0.3 is 21.1 Å². The summed E-state index contributed by atoms with van der Waals surface area (Å²) in [6, 6.07) is 3.89. The number of amides is 2. The summed E-state index contributed by atoms with van der Waals surface area (Å²) in [6.45, 7) is 0.423. The zero-order chi connectivity index (χ0) is 15.8. The van der Waals surface area contributed by atoms with E-state index in [0.717, 1.165) is 0 Å². The molecule has 0 spiro atoms. The number of carbonyl (C=O) groups excluding carboxylic acids is 2. The monoisotopic (exact) mass is 296 g/mol. The molecule has 1 aromatic rings. The highest BCUT2D eigenvalue weighted by atomic mass is 16.6. The topological polar surface area (TPSA) is 137 Å². The molecule has 9 heteroatoms. The standard InChI is InChI=1S/C12H16N4O5/c1-21-6-5-14-10(17)7-15-12(18)8-3-2-4-9(11(8)13)16(19)20/h2-4H,5-7,13H2,1H3,(H,14,17)(H,15,18). The molecule has 114 valence electrons. The average molecular weight is 296 g/mol. The van der Waals surface area contributed by atoms with Crippen molar-refractivity contribution in [2.45, 2.75) is 0 Å². The Hall–Kier alpha value is -2.68. The van der Waals surface area contributed by atoms with Crippen molar-refractivity contribution in [1.29, 1.82) is 0 Å². The number of benzene rings is 1. The number of anilines is 1. The van der Waals surface area contributed by atoms with Gasteiger partial charge in [0.25, 0.3) is 11.6 Å². The van der Waals surface area contributed by atoms with E-state index in [1.54, 1.807) is 0 Å². The molecule has 2 amide bonds. The molecular weight excluding hydrogens is 280 g/mol. The highest BCUT2D eigenvalue weighted by Crippen LogP contribution is 2.24. The molecule has 0 unspecified atom stereocenters. The van der Waals surface area contributed by atoms with Crippen molar-refractivity contribution >= 4 is 23.2 Å². The molecule has 0 fully saturated rings. The molecule has 0 aliphatic carbocycles. The smallest absolute Gasteiger partial charge is 0.292 e. The minimum atomic E-state index is -0.677. The lowest BCUT2D eigenvalue weighted by Gasteiger charge is -2.08. The third-order valence-electron chi connectivity index (χ3n) is 2.56. The van der Waals surface area contributed by atoms with Crippen LogP contribution in [-0.2, 0) is 9.53 Å². The molecule has 0 atom stereocenters. The fourth-order valence-corrected chi connectivity index (χ4v) is 1.52. The van der Waals surface area contributed by atoms with Gasteiger partial charge in [0.15, 0.2) is 0 Å². The highest BCUT2D eigenvalue weighted by molar-refractivity contribution is 6.02. The van der Waals surface area contributed by atoms with Crippen molar-refractivity contribution in [1.82, 2.24) is 10.6 Å². The molecule has 9 nitrogen and oxygen atoms in total. The Morgan fingerprint density at radius 1 is 1.38 bits per heavy atom. The highest BCUT2D eigenvalue weighted by Gasteiger charge is 2.19. The number of nitrogens with one attached hydrogen (secondary N) is 2. The summed E-state index contributed by atoms with van der Waals surface area (Å²) in [5.41, 5.74) is 4.93. The largest absolute Gasteiger partial charge is 0.393 e. The molecule has 21 heavy (non-hydrogen) atoms. The Kier molecular flexibility index (Phi) is 6.08. The van der Waals surface area contributed by atoms with Crippen LogP contribution in [0, 0.1) is 10.1 Å². The first-order valence-electron chi connectivity index (χ1n) is 6.04. The van der Waals surface area contributed by atoms with Crippen LogP contribution in [0.15, 0.2) is 18.2 Å². The summed E-state index contributed by atoms with van der Waals surface area (Å²) in [5, 5.41) is 15.6. The molecule has 1 aromatic carbocycles. The van der Waals surface area contributed by atoms with E-state index in [1.165, 1.54) is 25.3 Å². The zero-order valence-corrected chi connectivity index (χ0v) is 11.4. The van der Waals surface area contributed by atoms with Crippen molar-refractivity contribution in [3.63, 3.8) is 0 Å². The summed E-state index contributed by atoms with van der Waals surface area (Å²) in [5.74, 6) is -1.05. The van der Waals surface area contributed by atoms with Crippen LogP contribution in [-0.4, -0.2) is 43.5 Å². The predicted molar refractivity (Wildman–Crippen MR) is 74.7 cm³/mol. The summed E-state index contributed by atoms with van der Waals surface area (Å²) >= 11 is 0. The van der Waals surface area contributed by atoms with Gasteiger partial charge in [-0.15, -0.1) is 0 Å². The van der Waals surface area contributed by atoms with Gasteiger partial charge in [-0.05, 0) is 6.07 Å². The first-order chi connectivity index (χ1) is 9.97. The molecule has 1 rings (SSSR count). The second-order valence-corrected chi connectivity index (χ2v) is 4.02. The minimum absolute atomic E-state index is 0.0473. The maximum Gasteiger partial charge on any atom is 0.292 e. The van der Waals surface area contributed by atoms with Gasteiger partial charge in [0.2, 0.25) is 5.91 Å². The number of nitrogens with two attached hydrogens (primary N) is 1. The number of nitro groups is 1. The van der Waals surface area contributed by atoms with E-state index >= 15 is 0 Å². The lowest BCUT2D eigenvalue weighted by molar-refractivity contribution is -0.383. The van der Waals surface area contributed by atoms with Crippen LogP contribution in [0.4, 0.5) is 11.4 Å². The molecule has 0 radical (unpaired) electrons. The fourth-order valence-electron chi connectivity index (χ4n) is 1.52. The molecule has 0 aromatic heterocycles. The number of hydrogen-bond donors (Lipinski definition) is 3. The van der Waals surface area contributed by atoms with Crippen molar-refractivity contribution < 1.29 is 19.2 Å². The van der Waals surface area contributed by atoms with Gasteiger partial charge >= 0.3 is 0 Å². The number of carbonyl (C=O) groups is 2. The van der Waals surface area contributed by atoms with Gasteiger partial charge in [-0.3, -0.25) is 19.7 Å². The normalized spacial score (nSPS) is 9.95. The maximum atomic E-state index is 11.9. The number of rotatable bonds is 7. The Labute approximate surface area is 120 Å². The Bertz CT molecular complexity index is 546. The number of methoxy groups -OCH3 is 1. The third kappa shape index (κ3) is 4.73. The number of nitrogen functional groups attached to an aromatic ring is 1. The molecule has 0 aliphatic heterocycles. The number of nitro benzene ring substituents is 1. The van der Waals surface area contributed by atoms with Gasteiger partial charge in [-0.1, -0.05) is 6.07 Å². The predicted octanol–water partition coefficient (Wildman–Crippen LogP) is -0.331. The van der Waals surface area contributed by atoms with Crippen LogP contribution in [0.5, 0.6) is 0 Å². The van der Waals surface area contributed by atoms with Crippen LogP contribution in [0.3, 0.4) is 0 Å².